The van der Waals surface area contributed by atoms with Crippen molar-refractivity contribution < 1.29 is 9.59 Å². The average Bonchev–Trinajstić information content (AvgIpc) is 3.20. The fourth-order valence-electron chi connectivity index (χ4n) is 3.32. The molecule has 2 amide bonds. The van der Waals surface area contributed by atoms with E-state index in [4.69, 9.17) is 0 Å². The van der Waals surface area contributed by atoms with Gasteiger partial charge in [-0.3, -0.25) is 29.8 Å². The number of hydrogen-bond donors (Lipinski definition) is 2. The molecule has 2 N–H and O–H groups in total. The molecule has 2 aromatic carbocycles. The third-order valence-electron chi connectivity index (χ3n) is 4.85. The van der Waals surface area contributed by atoms with Gasteiger partial charge in [0.25, 0.3) is 11.5 Å². The molecule has 0 spiro atoms. The fourth-order valence-corrected chi connectivity index (χ4v) is 4.15. The Morgan fingerprint density at radius 2 is 2.00 bits per heavy atom. The zero-order valence-corrected chi connectivity index (χ0v) is 16.7. The van der Waals surface area contributed by atoms with Gasteiger partial charge in [-0.1, -0.05) is 18.2 Å². The summed E-state index contributed by atoms with van der Waals surface area (Å²) in [5, 5.41) is 0.492. The molecule has 148 valence electrons. The van der Waals surface area contributed by atoms with Crippen LogP contribution in [-0.2, 0) is 17.8 Å². The lowest BCUT2D eigenvalue weighted by atomic mass is 10.1. The van der Waals surface area contributed by atoms with E-state index in [1.807, 2.05) is 31.2 Å². The largest absolute Gasteiger partial charge is 0.296 e. The Morgan fingerprint density at radius 3 is 2.83 bits per heavy atom. The van der Waals surface area contributed by atoms with Crippen LogP contribution in [0.1, 0.15) is 28.2 Å². The van der Waals surface area contributed by atoms with E-state index in [1.54, 1.807) is 22.8 Å². The second-order valence-electron chi connectivity index (χ2n) is 6.88. The van der Waals surface area contributed by atoms with Crippen LogP contribution in [0.4, 0.5) is 0 Å². The molecule has 0 radical (unpaired) electrons. The molecule has 1 aliphatic rings. The van der Waals surface area contributed by atoms with Crippen molar-refractivity contribution in [2.75, 3.05) is 5.75 Å². The van der Waals surface area contributed by atoms with Gasteiger partial charge in [-0.25, -0.2) is 4.98 Å². The quantitative estimate of drug-likeness (QED) is 0.510. The van der Waals surface area contributed by atoms with Crippen LogP contribution >= 0.6 is 11.8 Å². The molecule has 0 aliphatic carbocycles. The third-order valence-corrected chi connectivity index (χ3v) is 6.02. The van der Waals surface area contributed by atoms with Crippen LogP contribution in [0.3, 0.4) is 0 Å². The van der Waals surface area contributed by atoms with E-state index in [-0.39, 0.29) is 17.2 Å². The molecule has 0 saturated carbocycles. The highest BCUT2D eigenvalue weighted by molar-refractivity contribution is 8.00. The summed E-state index contributed by atoms with van der Waals surface area (Å²) in [5.74, 6) is 0.180. The molecule has 0 atom stereocenters. The summed E-state index contributed by atoms with van der Waals surface area (Å²) < 4.78 is 1.69. The zero-order valence-electron chi connectivity index (χ0n) is 15.9. The summed E-state index contributed by atoms with van der Waals surface area (Å²) in [6, 6.07) is 12.6. The summed E-state index contributed by atoms with van der Waals surface area (Å²) in [5.41, 5.74) is 6.70. The van der Waals surface area contributed by atoms with Crippen molar-refractivity contribution in [3.63, 3.8) is 0 Å². The maximum absolute atomic E-state index is 12.5. The van der Waals surface area contributed by atoms with Gasteiger partial charge in [0.05, 0.1) is 16.7 Å². The first kappa shape index (κ1) is 19.2. The minimum absolute atomic E-state index is 0.0732. The van der Waals surface area contributed by atoms with E-state index < -0.39 is 5.91 Å². The SMILES string of the molecule is Cc1ccccc1SCC(=O)NNC(=O)c1ccc2c(=O)n3c(nc2c1)CCC3. The molecule has 3 aromatic rings. The van der Waals surface area contributed by atoms with Crippen molar-refractivity contribution in [3.05, 3.63) is 69.8 Å². The Balaban J connectivity index is 1.40. The number of amides is 2. The van der Waals surface area contributed by atoms with Gasteiger partial charge in [0.2, 0.25) is 5.91 Å². The molecule has 1 aliphatic heterocycles. The Hall–Kier alpha value is -3.13. The lowest BCUT2D eigenvalue weighted by Gasteiger charge is -2.09. The number of benzene rings is 2. The summed E-state index contributed by atoms with van der Waals surface area (Å²) >= 11 is 1.41. The molecule has 7 nitrogen and oxygen atoms in total. The van der Waals surface area contributed by atoms with E-state index in [2.05, 4.69) is 15.8 Å². The van der Waals surface area contributed by atoms with E-state index in [0.29, 0.717) is 23.0 Å². The van der Waals surface area contributed by atoms with Crippen molar-refractivity contribution in [2.45, 2.75) is 31.2 Å². The number of fused-ring (bicyclic) bond motifs is 2. The molecule has 2 heterocycles. The standard InChI is InChI=1S/C21H20N4O3S/c1-13-5-2-3-6-17(13)29-12-19(26)23-24-20(27)14-8-9-15-16(11-14)22-18-7-4-10-25(18)21(15)28/h2-3,5-6,8-9,11H,4,7,10,12H2,1H3,(H,23,26)(H,24,27). The first-order valence-corrected chi connectivity index (χ1v) is 10.3. The maximum Gasteiger partial charge on any atom is 0.269 e. The molecule has 8 heteroatoms. The second-order valence-corrected chi connectivity index (χ2v) is 7.89. The number of rotatable bonds is 4. The van der Waals surface area contributed by atoms with E-state index in [0.717, 1.165) is 29.1 Å². The molecule has 29 heavy (non-hydrogen) atoms. The summed E-state index contributed by atoms with van der Waals surface area (Å²) in [6.07, 6.45) is 1.66. The van der Waals surface area contributed by atoms with Gasteiger partial charge in [-0.05, 0) is 43.2 Å². The number of hydrogen-bond acceptors (Lipinski definition) is 5. The second kappa shape index (κ2) is 8.08. The van der Waals surface area contributed by atoms with Crippen molar-refractivity contribution in [1.82, 2.24) is 20.4 Å². The number of hydrazine groups is 1. The van der Waals surface area contributed by atoms with Crippen molar-refractivity contribution >= 4 is 34.5 Å². The Labute approximate surface area is 171 Å². The first-order chi connectivity index (χ1) is 14.0. The zero-order chi connectivity index (χ0) is 20.4. The van der Waals surface area contributed by atoms with Gasteiger partial charge < -0.3 is 0 Å². The first-order valence-electron chi connectivity index (χ1n) is 9.34. The van der Waals surface area contributed by atoms with Crippen LogP contribution < -0.4 is 16.4 Å². The highest BCUT2D eigenvalue weighted by atomic mass is 32.2. The van der Waals surface area contributed by atoms with Gasteiger partial charge >= 0.3 is 0 Å². The molecule has 0 bridgehead atoms. The van der Waals surface area contributed by atoms with E-state index >= 15 is 0 Å². The van der Waals surface area contributed by atoms with Crippen LogP contribution in [0.2, 0.25) is 0 Å². The van der Waals surface area contributed by atoms with Gasteiger partial charge in [0.15, 0.2) is 0 Å². The van der Waals surface area contributed by atoms with Crippen LogP contribution in [0, 0.1) is 6.92 Å². The lowest BCUT2D eigenvalue weighted by Crippen LogP contribution is -2.42. The van der Waals surface area contributed by atoms with E-state index in [1.165, 1.54) is 11.8 Å². The minimum atomic E-state index is -0.455. The van der Waals surface area contributed by atoms with E-state index in [9.17, 15) is 14.4 Å². The number of carbonyl (C=O) groups excluding carboxylic acids is 2. The highest BCUT2D eigenvalue weighted by Crippen LogP contribution is 2.21. The monoisotopic (exact) mass is 408 g/mol. The predicted molar refractivity (Wildman–Crippen MR) is 112 cm³/mol. The minimum Gasteiger partial charge on any atom is -0.296 e. The topological polar surface area (TPSA) is 93.1 Å². The van der Waals surface area contributed by atoms with Gasteiger partial charge in [-0.2, -0.15) is 0 Å². The summed E-state index contributed by atoms with van der Waals surface area (Å²) in [7, 11) is 0. The average molecular weight is 408 g/mol. The van der Waals surface area contributed by atoms with Crippen molar-refractivity contribution in [2.24, 2.45) is 0 Å². The molecular formula is C21H20N4O3S. The van der Waals surface area contributed by atoms with Crippen molar-refractivity contribution in [1.29, 1.82) is 0 Å². The highest BCUT2D eigenvalue weighted by Gasteiger charge is 2.17. The van der Waals surface area contributed by atoms with Crippen LogP contribution in [0.15, 0.2) is 52.2 Å². The molecule has 0 saturated heterocycles. The molecule has 0 unspecified atom stereocenters. The van der Waals surface area contributed by atoms with Crippen molar-refractivity contribution in [3.8, 4) is 0 Å². The number of nitrogens with zero attached hydrogens (tertiary/aromatic N) is 2. The molecular weight excluding hydrogens is 388 g/mol. The molecule has 0 fully saturated rings. The van der Waals surface area contributed by atoms with Crippen LogP contribution in [-0.4, -0.2) is 27.1 Å². The lowest BCUT2D eigenvalue weighted by molar-refractivity contribution is -0.119. The molecule has 1 aromatic heterocycles. The smallest absolute Gasteiger partial charge is 0.269 e. The number of aryl methyl sites for hydroxylation is 2. The van der Waals surface area contributed by atoms with Gasteiger partial charge in [0, 0.05) is 23.4 Å². The number of nitrogens with one attached hydrogen (secondary N) is 2. The number of aromatic nitrogens is 2. The Kier molecular flexibility index (Phi) is 5.35. The maximum atomic E-state index is 12.5. The fraction of sp³-hybridized carbons (Fsp3) is 0.238. The van der Waals surface area contributed by atoms with Crippen LogP contribution in [0.5, 0.6) is 0 Å². The third kappa shape index (κ3) is 4.02. The van der Waals surface area contributed by atoms with Crippen LogP contribution in [0.25, 0.3) is 10.9 Å². The predicted octanol–water partition coefficient (Wildman–Crippen LogP) is 2.20. The summed E-state index contributed by atoms with van der Waals surface area (Å²) in [4.78, 5) is 42.5. The molecule has 4 rings (SSSR count). The Morgan fingerprint density at radius 1 is 1.17 bits per heavy atom. The van der Waals surface area contributed by atoms with Gasteiger partial charge in [-0.15, -0.1) is 11.8 Å². The number of thioether (sulfide) groups is 1. The normalized spacial score (nSPS) is 12.6. The van der Waals surface area contributed by atoms with Gasteiger partial charge in [0.1, 0.15) is 5.82 Å². The Bertz CT molecular complexity index is 1170. The number of carbonyl (C=O) groups is 2. The summed E-state index contributed by atoms with van der Waals surface area (Å²) in [6.45, 7) is 2.67.